The summed E-state index contributed by atoms with van der Waals surface area (Å²) < 4.78 is 19.5. The second-order valence-corrected chi connectivity index (χ2v) is 15.8. The number of allylic oxidation sites excluding steroid dienone is 1. The summed E-state index contributed by atoms with van der Waals surface area (Å²) in [6.45, 7) is 5.59. The van der Waals surface area contributed by atoms with E-state index < -0.39 is 11.9 Å². The molecule has 0 bridgehead atoms. The van der Waals surface area contributed by atoms with Gasteiger partial charge in [0.25, 0.3) is 5.91 Å². The number of amides is 2. The van der Waals surface area contributed by atoms with Crippen LogP contribution in [0, 0.1) is 0 Å². The lowest BCUT2D eigenvalue weighted by Gasteiger charge is -2.31. The van der Waals surface area contributed by atoms with Gasteiger partial charge in [-0.05, 0) is 86.9 Å². The number of pyridine rings is 2. The van der Waals surface area contributed by atoms with E-state index in [0.29, 0.717) is 74.2 Å². The Balaban J connectivity index is 0.000000183. The fourth-order valence-corrected chi connectivity index (χ4v) is 7.89. The van der Waals surface area contributed by atoms with Crippen LogP contribution in [0.4, 0.5) is 5.82 Å². The summed E-state index contributed by atoms with van der Waals surface area (Å²) in [6.07, 6.45) is 13.9. The summed E-state index contributed by atoms with van der Waals surface area (Å²) >= 11 is 0. The molecule has 2 N–H and O–H groups in total. The highest BCUT2D eigenvalue weighted by molar-refractivity contribution is 6.08. The molecule has 15 nitrogen and oxygen atoms in total. The minimum absolute atomic E-state index is 0.172. The minimum Gasteiger partial charge on any atom is -0.490 e. The molecule has 3 aliphatic rings. The summed E-state index contributed by atoms with van der Waals surface area (Å²) in [6, 6.07) is 18.5. The maximum Gasteiger partial charge on any atom is 0.255 e. The largest absolute Gasteiger partial charge is 0.490 e. The van der Waals surface area contributed by atoms with Crippen LogP contribution in [0.15, 0.2) is 97.7 Å². The van der Waals surface area contributed by atoms with Gasteiger partial charge in [0, 0.05) is 91.0 Å². The second-order valence-electron chi connectivity index (χ2n) is 15.8. The van der Waals surface area contributed by atoms with E-state index in [0.717, 1.165) is 29.8 Å². The molecule has 6 heterocycles. The fourth-order valence-electron chi connectivity index (χ4n) is 7.89. The number of rotatable bonds is 12. The average molecular weight is 839 g/mol. The Labute approximate surface area is 359 Å². The number of aldehydes is 1. The molecule has 1 unspecified atom stereocenters. The standard InChI is InChI=1S/C26H31N5O6.C21H19N3O/c1-17-3-6-23(25(34)28-17)30(2)26(35)22-5-4-20(13-18(22)16-32)36-11-12-37-21-14-24(29-27-15-21)31-9-7-19(33)8-10-31;1-24-19-9-10-22-13-18(19)17-7-5-14(11-20(17)24)15-6-8-21(23-12-15)25-16-3-2-4-16/h4-5,13-16,19,23,33H,1,3,6-12H2,2H3,(H,28,34);5-13,16H,2-4H2,1H3. The van der Waals surface area contributed by atoms with Crippen molar-refractivity contribution in [2.75, 3.05) is 38.3 Å². The SMILES string of the molecule is C=C1CCC(N(C)C(=O)c2ccc(OCCOc3cnnc(N4CCC(O)CC4)c3)cc2C=O)C(=O)N1.Cn1c2ccncc2c2ccc(-c3ccc(OC4CCC4)nc3)cc21. The van der Waals surface area contributed by atoms with Gasteiger partial charge >= 0.3 is 0 Å². The molecule has 2 amide bonds. The van der Waals surface area contributed by atoms with E-state index >= 15 is 0 Å². The van der Waals surface area contributed by atoms with Crippen molar-refractivity contribution < 1.29 is 33.7 Å². The lowest BCUT2D eigenvalue weighted by molar-refractivity contribution is -0.125. The highest BCUT2D eigenvalue weighted by Crippen LogP contribution is 2.32. The first-order chi connectivity index (χ1) is 30.1. The van der Waals surface area contributed by atoms with Gasteiger partial charge in [0.1, 0.15) is 36.9 Å². The number of aryl methyl sites for hydroxylation is 1. The Morgan fingerprint density at radius 1 is 0.919 bits per heavy atom. The molecule has 2 aromatic carbocycles. The summed E-state index contributed by atoms with van der Waals surface area (Å²) in [5.41, 5.74) is 5.66. The van der Waals surface area contributed by atoms with Crippen molar-refractivity contribution in [3.05, 3.63) is 109 Å². The Bertz CT molecular complexity index is 2580. The third-order valence-corrected chi connectivity index (χ3v) is 11.7. The topological polar surface area (TPSA) is 174 Å². The number of piperidine rings is 2. The van der Waals surface area contributed by atoms with Gasteiger partial charge in [-0.15, -0.1) is 5.10 Å². The molecule has 1 atom stereocenters. The maximum absolute atomic E-state index is 13.0. The molecule has 2 saturated heterocycles. The first-order valence-corrected chi connectivity index (χ1v) is 21.0. The van der Waals surface area contributed by atoms with E-state index in [2.05, 4.69) is 78.9 Å². The molecular formula is C47H50N8O7. The number of nitrogens with one attached hydrogen (secondary N) is 1. The van der Waals surface area contributed by atoms with Crippen LogP contribution in [-0.4, -0.2) is 104 Å². The van der Waals surface area contributed by atoms with Crippen LogP contribution in [0.1, 0.15) is 65.7 Å². The fraction of sp³-hybridized carbons (Fsp3) is 0.340. The minimum atomic E-state index is -0.629. The average Bonchev–Trinajstić information content (AvgIpc) is 3.57. The Kier molecular flexibility index (Phi) is 12.7. The Morgan fingerprint density at radius 3 is 2.44 bits per heavy atom. The molecule has 0 radical (unpaired) electrons. The van der Waals surface area contributed by atoms with Crippen molar-refractivity contribution >= 4 is 45.7 Å². The maximum atomic E-state index is 13.0. The Morgan fingerprint density at radius 2 is 1.71 bits per heavy atom. The third-order valence-electron chi connectivity index (χ3n) is 11.7. The predicted molar refractivity (Wildman–Crippen MR) is 234 cm³/mol. The second kappa shape index (κ2) is 18.8. The van der Waals surface area contributed by atoms with Gasteiger partial charge in [-0.25, -0.2) is 4.98 Å². The number of fused-ring (bicyclic) bond motifs is 3. The van der Waals surface area contributed by atoms with Crippen LogP contribution >= 0.6 is 0 Å². The van der Waals surface area contributed by atoms with E-state index in [-0.39, 0.29) is 36.4 Å². The molecule has 1 aliphatic carbocycles. The van der Waals surface area contributed by atoms with E-state index in [4.69, 9.17) is 14.2 Å². The zero-order valence-corrected chi connectivity index (χ0v) is 34.9. The van der Waals surface area contributed by atoms with Crippen LogP contribution in [-0.2, 0) is 11.8 Å². The molecule has 0 spiro atoms. The molecule has 320 valence electrons. The number of likely N-dealkylation sites (N-methyl/N-ethyl adjacent to an activating group) is 1. The summed E-state index contributed by atoms with van der Waals surface area (Å²) in [4.78, 5) is 49.1. The molecule has 1 saturated carbocycles. The van der Waals surface area contributed by atoms with Crippen molar-refractivity contribution in [3.63, 3.8) is 0 Å². The van der Waals surface area contributed by atoms with Gasteiger partial charge < -0.3 is 39.0 Å². The van der Waals surface area contributed by atoms with E-state index in [9.17, 15) is 19.5 Å². The van der Waals surface area contributed by atoms with Gasteiger partial charge in [0.15, 0.2) is 12.1 Å². The Hall–Kier alpha value is -6.87. The van der Waals surface area contributed by atoms with Crippen LogP contribution in [0.2, 0.25) is 0 Å². The number of carbonyl (C=O) groups is 3. The van der Waals surface area contributed by atoms with Gasteiger partial charge in [-0.3, -0.25) is 19.4 Å². The lowest BCUT2D eigenvalue weighted by Crippen LogP contribution is -2.50. The van der Waals surface area contributed by atoms with Gasteiger partial charge in [0.05, 0.1) is 23.4 Å². The molecule has 2 aliphatic heterocycles. The number of anilines is 1. The zero-order valence-electron chi connectivity index (χ0n) is 34.9. The summed E-state index contributed by atoms with van der Waals surface area (Å²) in [5.74, 6) is 1.68. The summed E-state index contributed by atoms with van der Waals surface area (Å²) in [5, 5.41) is 22.9. The van der Waals surface area contributed by atoms with Crippen molar-refractivity contribution in [1.82, 2.24) is 34.9 Å². The first kappa shape index (κ1) is 41.8. The monoisotopic (exact) mass is 838 g/mol. The number of carbonyl (C=O) groups excluding carboxylic acids is 3. The molecule has 4 aromatic heterocycles. The molecule has 6 aromatic rings. The third kappa shape index (κ3) is 9.37. The smallest absolute Gasteiger partial charge is 0.255 e. The summed E-state index contributed by atoms with van der Waals surface area (Å²) in [7, 11) is 3.65. The van der Waals surface area contributed by atoms with Crippen LogP contribution < -0.4 is 24.4 Å². The van der Waals surface area contributed by atoms with E-state index in [1.54, 1.807) is 19.2 Å². The van der Waals surface area contributed by atoms with Crippen molar-refractivity contribution in [1.29, 1.82) is 0 Å². The lowest BCUT2D eigenvalue weighted by atomic mass is 9.96. The van der Waals surface area contributed by atoms with Crippen LogP contribution in [0.25, 0.3) is 32.9 Å². The van der Waals surface area contributed by atoms with Crippen molar-refractivity contribution in [2.24, 2.45) is 7.05 Å². The number of benzene rings is 2. The van der Waals surface area contributed by atoms with Crippen molar-refractivity contribution in [3.8, 4) is 28.5 Å². The zero-order chi connectivity index (χ0) is 43.2. The highest BCUT2D eigenvalue weighted by Gasteiger charge is 2.32. The molecule has 62 heavy (non-hydrogen) atoms. The quantitative estimate of drug-likeness (QED) is 0.104. The van der Waals surface area contributed by atoms with Gasteiger partial charge in [-0.1, -0.05) is 18.7 Å². The molecule has 9 rings (SSSR count). The number of hydrogen-bond acceptors (Lipinski definition) is 12. The number of aromatic nitrogens is 5. The van der Waals surface area contributed by atoms with Crippen LogP contribution in [0.5, 0.6) is 17.4 Å². The number of aliphatic hydroxyl groups is 1. The van der Waals surface area contributed by atoms with E-state index in [1.165, 1.54) is 51.5 Å². The predicted octanol–water partition coefficient (Wildman–Crippen LogP) is 6.29. The number of nitrogens with zero attached hydrogens (tertiary/aromatic N) is 7. The molecule has 3 fully saturated rings. The molecule has 15 heteroatoms. The normalized spacial score (nSPS) is 16.8. The number of hydrogen-bond donors (Lipinski definition) is 2. The van der Waals surface area contributed by atoms with Gasteiger partial charge in [0.2, 0.25) is 11.8 Å². The van der Waals surface area contributed by atoms with Crippen molar-refractivity contribution in [2.45, 2.75) is 63.2 Å². The number of ether oxygens (including phenoxy) is 3. The van der Waals surface area contributed by atoms with E-state index in [1.807, 2.05) is 24.7 Å². The highest BCUT2D eigenvalue weighted by atomic mass is 16.5. The first-order valence-electron chi connectivity index (χ1n) is 21.0. The number of aliphatic hydroxyl groups excluding tert-OH is 1. The molecular weight excluding hydrogens is 789 g/mol. The van der Waals surface area contributed by atoms with Crippen LogP contribution in [0.3, 0.4) is 0 Å². The van der Waals surface area contributed by atoms with Gasteiger partial charge in [-0.2, -0.15) is 5.10 Å².